The number of hydrogen-bond acceptors (Lipinski definition) is 2. The smallest absolute Gasteiger partial charge is 0.258 e. The van der Waals surface area contributed by atoms with Crippen LogP contribution >= 0.6 is 0 Å². The Bertz CT molecular complexity index is 368. The molecule has 3 nitrogen and oxygen atoms in total. The van der Waals surface area contributed by atoms with Crippen molar-refractivity contribution in [3.05, 3.63) is 39.9 Å². The highest BCUT2D eigenvalue weighted by Crippen LogP contribution is 2.28. The van der Waals surface area contributed by atoms with Crippen molar-refractivity contribution in [1.29, 1.82) is 0 Å². The summed E-state index contributed by atoms with van der Waals surface area (Å²) in [5, 5.41) is 10.5. The molecule has 1 rings (SSSR count). The van der Waals surface area contributed by atoms with Crippen LogP contribution in [0.3, 0.4) is 0 Å². The number of rotatable bonds is 3. The van der Waals surface area contributed by atoms with Gasteiger partial charge in [0.2, 0.25) is 0 Å². The Labute approximate surface area is 98.1 Å². The number of nitro benzene ring substituents is 1. The second kappa shape index (κ2) is 4.64. The zero-order chi connectivity index (χ0) is 12.3. The topological polar surface area (TPSA) is 43.1 Å². The average Bonchev–Trinajstić information content (AvgIpc) is 2.17. The number of benzene rings is 1. The van der Waals surface area contributed by atoms with Gasteiger partial charge >= 0.3 is 0 Å². The molecule has 1 aromatic rings. The van der Waals surface area contributed by atoms with Crippen LogP contribution in [0.15, 0.2) is 24.3 Å². The third-order valence-electron chi connectivity index (χ3n) is 3.17. The lowest BCUT2D eigenvalue weighted by atomic mass is 9.78. The molecule has 0 saturated carbocycles. The van der Waals surface area contributed by atoms with Gasteiger partial charge in [-0.3, -0.25) is 10.1 Å². The molecule has 0 heterocycles. The largest absolute Gasteiger partial charge is 0.269 e. The predicted molar refractivity (Wildman–Crippen MR) is 67.5 cm³/mol. The zero-order valence-corrected chi connectivity index (χ0v) is 10.4. The van der Waals surface area contributed by atoms with Gasteiger partial charge in [0, 0.05) is 13.6 Å². The molecule has 1 unspecified atom stereocenters. The molecule has 1 atom stereocenters. The van der Waals surface area contributed by atoms with E-state index in [4.69, 9.17) is 0 Å². The molecule has 0 bridgehead atoms. The summed E-state index contributed by atoms with van der Waals surface area (Å²) in [6, 6.07) is 6.84. The molecule has 0 radical (unpaired) electrons. The van der Waals surface area contributed by atoms with E-state index >= 15 is 0 Å². The average molecular weight is 223 g/mol. The van der Waals surface area contributed by atoms with Gasteiger partial charge in [0.15, 0.2) is 0 Å². The summed E-state index contributed by atoms with van der Waals surface area (Å²) in [6.07, 6.45) is 0.960. The van der Waals surface area contributed by atoms with E-state index in [1.807, 2.05) is 12.1 Å². The van der Waals surface area contributed by atoms with E-state index in [0.29, 0.717) is 5.92 Å². The molecule has 0 aliphatic heterocycles. The summed E-state index contributed by atoms with van der Waals surface area (Å²) in [5.41, 5.74) is 1.59. The van der Waals surface area contributed by atoms with Crippen LogP contribution in [0.1, 0.15) is 34.7 Å². The standard InChI is InChI=1S/C13H19NO2.H2/c1-10(13(2,3)4)9-11-5-7-12(8-6-11)14(15)16;/h5-8,10H,9H2,1-4H3;1H. The minimum Gasteiger partial charge on any atom is -0.258 e. The first-order valence-corrected chi connectivity index (χ1v) is 5.54. The lowest BCUT2D eigenvalue weighted by Crippen LogP contribution is -2.19. The van der Waals surface area contributed by atoms with Crippen LogP contribution in [-0.2, 0) is 6.42 Å². The maximum atomic E-state index is 10.5. The fraction of sp³-hybridized carbons (Fsp3) is 0.538. The normalized spacial score (nSPS) is 13.5. The van der Waals surface area contributed by atoms with Crippen molar-refractivity contribution < 1.29 is 6.35 Å². The van der Waals surface area contributed by atoms with E-state index in [2.05, 4.69) is 27.7 Å². The van der Waals surface area contributed by atoms with Crippen molar-refractivity contribution in [3.8, 4) is 0 Å². The van der Waals surface area contributed by atoms with Crippen LogP contribution < -0.4 is 0 Å². The van der Waals surface area contributed by atoms with Gasteiger partial charge in [-0.05, 0) is 23.3 Å². The Balaban J connectivity index is 0.00000256. The number of nitro groups is 1. The van der Waals surface area contributed by atoms with Crippen LogP contribution in [0.5, 0.6) is 0 Å². The molecule has 90 valence electrons. The van der Waals surface area contributed by atoms with Crippen LogP contribution in [0.25, 0.3) is 0 Å². The third kappa shape index (κ3) is 3.33. The highest BCUT2D eigenvalue weighted by Gasteiger charge is 2.20. The second-order valence-electron chi connectivity index (χ2n) is 5.39. The minimum absolute atomic E-state index is 0. The van der Waals surface area contributed by atoms with Crippen molar-refractivity contribution in [2.24, 2.45) is 11.3 Å². The first kappa shape index (κ1) is 12.7. The number of non-ortho nitro benzene ring substituents is 1. The first-order chi connectivity index (χ1) is 7.30. The van der Waals surface area contributed by atoms with Gasteiger partial charge in [0.1, 0.15) is 0 Å². The summed E-state index contributed by atoms with van der Waals surface area (Å²) in [6.45, 7) is 8.84. The molecule has 0 spiro atoms. The van der Waals surface area contributed by atoms with Crippen molar-refractivity contribution in [2.45, 2.75) is 34.1 Å². The van der Waals surface area contributed by atoms with Gasteiger partial charge in [-0.25, -0.2) is 0 Å². The van der Waals surface area contributed by atoms with Crippen LogP contribution in [-0.4, -0.2) is 4.92 Å². The van der Waals surface area contributed by atoms with Gasteiger partial charge in [-0.1, -0.05) is 39.8 Å². The van der Waals surface area contributed by atoms with Gasteiger partial charge in [0.05, 0.1) is 4.92 Å². The molecule has 0 fully saturated rings. The Morgan fingerprint density at radius 1 is 1.31 bits per heavy atom. The van der Waals surface area contributed by atoms with Crippen molar-refractivity contribution >= 4 is 5.69 Å². The Morgan fingerprint density at radius 3 is 2.19 bits per heavy atom. The summed E-state index contributed by atoms with van der Waals surface area (Å²) in [4.78, 5) is 10.1. The van der Waals surface area contributed by atoms with Crippen molar-refractivity contribution in [1.82, 2.24) is 0 Å². The lowest BCUT2D eigenvalue weighted by molar-refractivity contribution is -0.384. The molecule has 0 aromatic heterocycles. The van der Waals surface area contributed by atoms with E-state index in [9.17, 15) is 10.1 Å². The molecule has 3 heteroatoms. The van der Waals surface area contributed by atoms with E-state index in [1.54, 1.807) is 12.1 Å². The van der Waals surface area contributed by atoms with Gasteiger partial charge in [0.25, 0.3) is 5.69 Å². The Hall–Kier alpha value is -1.38. The summed E-state index contributed by atoms with van der Waals surface area (Å²) < 4.78 is 0. The van der Waals surface area contributed by atoms with E-state index in [1.165, 1.54) is 0 Å². The maximum Gasteiger partial charge on any atom is 0.269 e. The van der Waals surface area contributed by atoms with Crippen LogP contribution in [0.4, 0.5) is 5.69 Å². The van der Waals surface area contributed by atoms with Gasteiger partial charge < -0.3 is 0 Å². The molecule has 0 aliphatic rings. The highest BCUT2D eigenvalue weighted by molar-refractivity contribution is 5.33. The molecule has 0 aliphatic carbocycles. The van der Waals surface area contributed by atoms with Crippen LogP contribution in [0, 0.1) is 21.4 Å². The quantitative estimate of drug-likeness (QED) is 0.572. The molecule has 0 N–H and O–H groups in total. The van der Waals surface area contributed by atoms with Crippen molar-refractivity contribution in [3.63, 3.8) is 0 Å². The minimum atomic E-state index is -0.364. The fourth-order valence-corrected chi connectivity index (χ4v) is 1.41. The van der Waals surface area contributed by atoms with Gasteiger partial charge in [-0.15, -0.1) is 0 Å². The monoisotopic (exact) mass is 223 g/mol. The number of nitrogens with zero attached hydrogens (tertiary/aromatic N) is 1. The van der Waals surface area contributed by atoms with Crippen LogP contribution in [0.2, 0.25) is 0 Å². The SMILES string of the molecule is CC(Cc1ccc([N+](=O)[O-])cc1)C(C)(C)C.[HH]. The molecule has 0 amide bonds. The zero-order valence-electron chi connectivity index (χ0n) is 10.4. The molecular weight excluding hydrogens is 202 g/mol. The summed E-state index contributed by atoms with van der Waals surface area (Å²) >= 11 is 0. The third-order valence-corrected chi connectivity index (χ3v) is 3.17. The van der Waals surface area contributed by atoms with Gasteiger partial charge in [-0.2, -0.15) is 0 Å². The molecule has 1 aromatic carbocycles. The van der Waals surface area contributed by atoms with E-state index in [-0.39, 0.29) is 17.5 Å². The molecule has 0 saturated heterocycles. The lowest BCUT2D eigenvalue weighted by Gasteiger charge is -2.27. The second-order valence-corrected chi connectivity index (χ2v) is 5.39. The summed E-state index contributed by atoms with van der Waals surface area (Å²) in [5.74, 6) is 0.550. The van der Waals surface area contributed by atoms with Crippen molar-refractivity contribution in [2.75, 3.05) is 0 Å². The molecular formula is C13H21NO2. The predicted octanol–water partition coefficient (Wildman–Crippen LogP) is 4.07. The Morgan fingerprint density at radius 2 is 1.81 bits per heavy atom. The molecule has 16 heavy (non-hydrogen) atoms. The Kier molecular flexibility index (Phi) is 3.68. The fourth-order valence-electron chi connectivity index (χ4n) is 1.41. The van der Waals surface area contributed by atoms with E-state index < -0.39 is 0 Å². The van der Waals surface area contributed by atoms with E-state index in [0.717, 1.165) is 12.0 Å². The first-order valence-electron chi connectivity index (χ1n) is 5.54. The maximum absolute atomic E-state index is 10.5. The number of hydrogen-bond donors (Lipinski definition) is 0. The summed E-state index contributed by atoms with van der Waals surface area (Å²) in [7, 11) is 0. The highest BCUT2D eigenvalue weighted by atomic mass is 16.6.